The fourth-order valence-electron chi connectivity index (χ4n) is 8.04. The zero-order valence-corrected chi connectivity index (χ0v) is 31.0. The molecule has 3 nitrogen and oxygen atoms in total. The summed E-state index contributed by atoms with van der Waals surface area (Å²) in [6.45, 7) is 0. The molecule has 4 heteroatoms. The fraction of sp³-hybridized carbons (Fsp3) is 0. The van der Waals surface area contributed by atoms with Crippen LogP contribution in [0, 0.1) is 0 Å². The lowest BCUT2D eigenvalue weighted by molar-refractivity contribution is 0.670. The van der Waals surface area contributed by atoms with Gasteiger partial charge in [0.15, 0.2) is 5.82 Å². The highest BCUT2D eigenvalue weighted by molar-refractivity contribution is 7.25. The van der Waals surface area contributed by atoms with Crippen LogP contribution >= 0.6 is 11.3 Å². The highest BCUT2D eigenvalue weighted by Crippen LogP contribution is 2.44. The summed E-state index contributed by atoms with van der Waals surface area (Å²) >= 11 is 1.84. The van der Waals surface area contributed by atoms with Crippen LogP contribution in [0.4, 0.5) is 0 Å². The molecular weight excluding hydrogens is 701 g/mol. The largest absolute Gasteiger partial charge is 0.455 e. The third kappa shape index (κ3) is 5.50. The molecule has 11 rings (SSSR count). The van der Waals surface area contributed by atoms with Gasteiger partial charge in [0.05, 0.1) is 11.4 Å². The maximum absolute atomic E-state index is 6.71. The van der Waals surface area contributed by atoms with Gasteiger partial charge in [0, 0.05) is 53.2 Å². The minimum absolute atomic E-state index is 0.695. The van der Waals surface area contributed by atoms with Crippen molar-refractivity contribution in [2.24, 2.45) is 0 Å². The molecule has 262 valence electrons. The first-order valence-electron chi connectivity index (χ1n) is 18.8. The first-order valence-corrected chi connectivity index (χ1v) is 19.6. The number of hydrogen-bond acceptors (Lipinski definition) is 4. The van der Waals surface area contributed by atoms with Crippen molar-refractivity contribution in [2.45, 2.75) is 0 Å². The molecule has 56 heavy (non-hydrogen) atoms. The lowest BCUT2D eigenvalue weighted by atomic mass is 9.93. The lowest BCUT2D eigenvalue weighted by Crippen LogP contribution is -1.97. The number of rotatable bonds is 6. The van der Waals surface area contributed by atoms with Crippen molar-refractivity contribution in [2.75, 3.05) is 0 Å². The number of nitrogens with zero attached hydrogens (tertiary/aromatic N) is 2. The van der Waals surface area contributed by atoms with Gasteiger partial charge in [-0.3, -0.25) is 0 Å². The van der Waals surface area contributed by atoms with E-state index in [1.807, 2.05) is 41.7 Å². The Kier molecular flexibility index (Phi) is 7.68. The molecule has 0 radical (unpaired) electrons. The van der Waals surface area contributed by atoms with E-state index >= 15 is 0 Å². The Balaban J connectivity index is 1.04. The van der Waals surface area contributed by atoms with Crippen LogP contribution in [0.1, 0.15) is 0 Å². The molecule has 0 amide bonds. The normalized spacial score (nSPS) is 11.6. The summed E-state index contributed by atoms with van der Waals surface area (Å²) in [5.74, 6) is 0.695. The second kappa shape index (κ2) is 13.3. The maximum atomic E-state index is 6.71. The van der Waals surface area contributed by atoms with E-state index in [-0.39, 0.29) is 0 Å². The average molecular weight is 733 g/mol. The Morgan fingerprint density at radius 2 is 0.946 bits per heavy atom. The maximum Gasteiger partial charge on any atom is 0.160 e. The van der Waals surface area contributed by atoms with Crippen molar-refractivity contribution in [1.82, 2.24) is 9.97 Å². The van der Waals surface area contributed by atoms with Crippen molar-refractivity contribution in [3.05, 3.63) is 194 Å². The molecule has 0 aliphatic heterocycles. The van der Waals surface area contributed by atoms with Crippen molar-refractivity contribution in [3.63, 3.8) is 0 Å². The van der Waals surface area contributed by atoms with Crippen LogP contribution in [0.2, 0.25) is 0 Å². The van der Waals surface area contributed by atoms with Crippen LogP contribution < -0.4 is 0 Å². The van der Waals surface area contributed by atoms with E-state index in [4.69, 9.17) is 14.4 Å². The summed E-state index contributed by atoms with van der Waals surface area (Å²) in [7, 11) is 0. The molecule has 3 heterocycles. The molecule has 0 aliphatic rings. The van der Waals surface area contributed by atoms with Gasteiger partial charge < -0.3 is 4.42 Å². The number of hydrogen-bond donors (Lipinski definition) is 0. The van der Waals surface area contributed by atoms with E-state index in [9.17, 15) is 0 Å². The summed E-state index contributed by atoms with van der Waals surface area (Å²) < 4.78 is 9.31. The predicted octanol–water partition coefficient (Wildman–Crippen LogP) is 14.7. The Morgan fingerprint density at radius 1 is 0.357 bits per heavy atom. The van der Waals surface area contributed by atoms with Crippen LogP contribution in [0.5, 0.6) is 0 Å². The molecule has 0 spiro atoms. The highest BCUT2D eigenvalue weighted by atomic mass is 32.1. The molecule has 8 aromatic carbocycles. The summed E-state index contributed by atoms with van der Waals surface area (Å²) in [5, 5.41) is 4.79. The minimum atomic E-state index is 0.695. The molecule has 0 unspecified atom stereocenters. The number of fused-ring (bicyclic) bond motifs is 6. The van der Waals surface area contributed by atoms with Gasteiger partial charge in [0.2, 0.25) is 0 Å². The van der Waals surface area contributed by atoms with Crippen molar-refractivity contribution < 1.29 is 4.42 Å². The smallest absolute Gasteiger partial charge is 0.160 e. The number of thiophene rings is 1. The summed E-state index contributed by atoms with van der Waals surface area (Å²) in [6.07, 6.45) is 0. The molecule has 3 aromatic heterocycles. The standard InChI is InChI=1S/C52H32N2OS/c1-3-13-33(14-4-1)38-17-7-8-18-41(38)46-32-45(53-52(54-46)36-15-5-2-6-16-36)35-25-23-34(24-26-35)39-28-29-40(51-50(39)43-20-9-11-21-47(43)55-51)37-27-30-49-44(31-37)42-19-10-12-22-48(42)56-49/h1-32H. The highest BCUT2D eigenvalue weighted by Gasteiger charge is 2.19. The average Bonchev–Trinajstić information content (AvgIpc) is 3.85. The molecule has 11 aromatic rings. The van der Waals surface area contributed by atoms with Crippen LogP contribution in [0.3, 0.4) is 0 Å². The lowest BCUT2D eigenvalue weighted by Gasteiger charge is -2.13. The Hall–Kier alpha value is -7.14. The van der Waals surface area contributed by atoms with E-state index in [0.29, 0.717) is 5.82 Å². The SMILES string of the molecule is c1ccc(-c2nc(-c3ccc(-c4ccc(-c5ccc6sc7ccccc7c6c5)c5oc6ccccc6c45)cc3)cc(-c3ccccc3-c3ccccc3)n2)cc1. The zero-order valence-electron chi connectivity index (χ0n) is 30.2. The molecular formula is C52H32N2OS. The van der Waals surface area contributed by atoms with Crippen LogP contribution in [0.25, 0.3) is 109 Å². The van der Waals surface area contributed by atoms with Crippen molar-refractivity contribution >= 4 is 53.4 Å². The van der Waals surface area contributed by atoms with E-state index in [1.165, 1.54) is 20.2 Å². The van der Waals surface area contributed by atoms with Gasteiger partial charge in [-0.05, 0) is 64.2 Å². The number of benzene rings is 8. The minimum Gasteiger partial charge on any atom is -0.455 e. The monoisotopic (exact) mass is 732 g/mol. The Labute approximate surface area is 327 Å². The van der Waals surface area contributed by atoms with Crippen LogP contribution in [-0.2, 0) is 0 Å². The van der Waals surface area contributed by atoms with E-state index in [1.54, 1.807) is 0 Å². The summed E-state index contributed by atoms with van der Waals surface area (Å²) in [4.78, 5) is 10.3. The second-order valence-electron chi connectivity index (χ2n) is 14.1. The van der Waals surface area contributed by atoms with E-state index in [2.05, 4.69) is 164 Å². The first-order chi connectivity index (χ1) is 27.7. The predicted molar refractivity (Wildman–Crippen MR) is 235 cm³/mol. The quantitative estimate of drug-likeness (QED) is 0.171. The summed E-state index contributed by atoms with van der Waals surface area (Å²) in [6, 6.07) is 68.4. The van der Waals surface area contributed by atoms with Gasteiger partial charge in [-0.15, -0.1) is 11.3 Å². The zero-order chi connectivity index (χ0) is 37.0. The molecule has 0 bridgehead atoms. The van der Waals surface area contributed by atoms with Crippen molar-refractivity contribution in [3.8, 4) is 67.3 Å². The molecule has 0 N–H and O–H groups in total. The van der Waals surface area contributed by atoms with Gasteiger partial charge >= 0.3 is 0 Å². The van der Waals surface area contributed by atoms with Gasteiger partial charge in [-0.2, -0.15) is 0 Å². The van der Waals surface area contributed by atoms with Gasteiger partial charge in [0.1, 0.15) is 11.2 Å². The number of aromatic nitrogens is 2. The second-order valence-corrected chi connectivity index (χ2v) is 15.2. The topological polar surface area (TPSA) is 38.9 Å². The van der Waals surface area contributed by atoms with Crippen LogP contribution in [0.15, 0.2) is 199 Å². The van der Waals surface area contributed by atoms with Gasteiger partial charge in [-0.25, -0.2) is 9.97 Å². The van der Waals surface area contributed by atoms with E-state index in [0.717, 1.165) is 83.4 Å². The van der Waals surface area contributed by atoms with Gasteiger partial charge in [-0.1, -0.05) is 158 Å². The molecule has 0 fully saturated rings. The number of para-hydroxylation sites is 1. The van der Waals surface area contributed by atoms with E-state index < -0.39 is 0 Å². The Bertz CT molecular complexity index is 3240. The molecule has 0 atom stereocenters. The summed E-state index contributed by atoms with van der Waals surface area (Å²) in [5.41, 5.74) is 13.4. The van der Waals surface area contributed by atoms with Gasteiger partial charge in [0.25, 0.3) is 0 Å². The van der Waals surface area contributed by atoms with Crippen molar-refractivity contribution in [1.29, 1.82) is 0 Å². The first kappa shape index (κ1) is 32.3. The molecule has 0 saturated heterocycles. The fourth-order valence-corrected chi connectivity index (χ4v) is 9.12. The molecule has 0 saturated carbocycles. The number of furan rings is 1. The third-order valence-electron chi connectivity index (χ3n) is 10.8. The Morgan fingerprint density at radius 3 is 1.77 bits per heavy atom. The molecule has 0 aliphatic carbocycles. The third-order valence-corrected chi connectivity index (χ3v) is 11.9. The van der Waals surface area contributed by atoms with Crippen LogP contribution in [-0.4, -0.2) is 9.97 Å².